The zero-order chi connectivity index (χ0) is 27.0. The number of likely N-dealkylation sites (tertiary alicyclic amines) is 2. The van der Waals surface area contributed by atoms with Gasteiger partial charge in [0.15, 0.2) is 0 Å². The Balaban J connectivity index is 1.09. The average Bonchev–Trinajstić information content (AvgIpc) is 3.61. The van der Waals surface area contributed by atoms with Crippen molar-refractivity contribution in [3.05, 3.63) is 64.7 Å². The van der Waals surface area contributed by atoms with Crippen molar-refractivity contribution in [1.82, 2.24) is 9.80 Å². The maximum Gasteiger partial charge on any atom is 0.416 e. The fourth-order valence-electron chi connectivity index (χ4n) is 12.0. The minimum absolute atomic E-state index is 0.0165. The van der Waals surface area contributed by atoms with E-state index in [0.717, 1.165) is 49.6 Å². The minimum atomic E-state index is -4.49. The number of halogens is 3. The largest absolute Gasteiger partial charge is 0.497 e. The third kappa shape index (κ3) is 2.04. The number of methoxy groups -OCH3 is 1. The predicted molar refractivity (Wildman–Crippen MR) is 138 cm³/mol. The number of ether oxygens (including phenoxy) is 2. The van der Waals surface area contributed by atoms with Crippen molar-refractivity contribution in [2.24, 2.45) is 22.7 Å². The molecule has 208 valence electrons. The van der Waals surface area contributed by atoms with Gasteiger partial charge in [0.25, 0.3) is 5.91 Å². The van der Waals surface area contributed by atoms with E-state index < -0.39 is 11.7 Å². The van der Waals surface area contributed by atoms with Gasteiger partial charge in [-0.25, -0.2) is 0 Å². The molecular weight excluding hydrogens is 517 g/mol. The Labute approximate surface area is 230 Å². The van der Waals surface area contributed by atoms with Gasteiger partial charge in [0.1, 0.15) is 11.4 Å². The van der Waals surface area contributed by atoms with Crippen LogP contribution in [0.4, 0.5) is 13.2 Å². The zero-order valence-corrected chi connectivity index (χ0v) is 22.3. The fourth-order valence-corrected chi connectivity index (χ4v) is 12.0. The topological polar surface area (TPSA) is 42.0 Å². The number of carbonyl (C=O) groups is 1. The Bertz CT molecular complexity index is 1540. The highest BCUT2D eigenvalue weighted by Crippen LogP contribution is 2.98. The molecule has 8 aliphatic rings. The quantitative estimate of drug-likeness (QED) is 0.557. The Hall–Kier alpha value is -2.58. The van der Waals surface area contributed by atoms with Crippen LogP contribution in [0.5, 0.6) is 5.75 Å². The molecule has 8 atom stereocenters. The molecule has 2 aromatic rings. The number of benzene rings is 2. The molecule has 3 saturated heterocycles. The highest BCUT2D eigenvalue weighted by Gasteiger charge is 3.08. The van der Waals surface area contributed by atoms with Crippen molar-refractivity contribution in [3.63, 3.8) is 0 Å². The van der Waals surface area contributed by atoms with E-state index in [4.69, 9.17) is 9.47 Å². The molecule has 10 rings (SSSR count). The number of piperidine rings is 2. The number of hydrogen-bond donors (Lipinski definition) is 0. The fraction of sp³-hybridized carbons (Fsp3) is 0.594. The molecule has 8 heteroatoms. The third-order valence-corrected chi connectivity index (χ3v) is 12.9. The van der Waals surface area contributed by atoms with Crippen molar-refractivity contribution in [2.75, 3.05) is 26.7 Å². The maximum atomic E-state index is 14.0. The van der Waals surface area contributed by atoms with E-state index in [9.17, 15) is 18.0 Å². The van der Waals surface area contributed by atoms with Gasteiger partial charge in [-0.2, -0.15) is 13.2 Å². The standard InChI is InChI=1S/C32H31F3N2O3/c1-39-21-8-7-19-13-28-16-36(14-17-5-6-17)27(28)31-29-10-9-23(25(29)30(28,31)22(19)12-21)37(15-24(29)40-31)26(38)18-3-2-4-20(11-18)32(33,34)35/h2-4,7-8,11-12,17,23-25,27H,5-6,9-10,13-16H2,1H3/t23?,24-,25?,27?,28?,29?,30?,31?/m1/s1. The first-order valence-electron chi connectivity index (χ1n) is 14.8. The minimum Gasteiger partial charge on any atom is -0.497 e. The number of fused-ring (bicyclic) bond motifs is 1. The lowest BCUT2D eigenvalue weighted by molar-refractivity contribution is -0.567. The second-order valence-electron chi connectivity index (χ2n) is 13.9. The summed E-state index contributed by atoms with van der Waals surface area (Å²) < 4.78 is 53.4. The molecule has 1 amide bonds. The Morgan fingerprint density at radius 3 is 2.77 bits per heavy atom. The molecule has 40 heavy (non-hydrogen) atoms. The molecular formula is C32H31F3N2O3. The van der Waals surface area contributed by atoms with Gasteiger partial charge in [-0.05, 0) is 79.5 Å². The second-order valence-corrected chi connectivity index (χ2v) is 13.9. The van der Waals surface area contributed by atoms with Crippen LogP contribution in [-0.2, 0) is 22.7 Å². The summed E-state index contributed by atoms with van der Waals surface area (Å²) in [6.45, 7) is 2.71. The van der Waals surface area contributed by atoms with Crippen LogP contribution in [0.15, 0.2) is 42.5 Å². The summed E-state index contributed by atoms with van der Waals surface area (Å²) in [6, 6.07) is 11.9. The summed E-state index contributed by atoms with van der Waals surface area (Å²) in [7, 11) is 1.71. The highest BCUT2D eigenvalue weighted by molar-refractivity contribution is 5.95. The summed E-state index contributed by atoms with van der Waals surface area (Å²) in [4.78, 5) is 18.6. The molecule has 3 aliphatic heterocycles. The van der Waals surface area contributed by atoms with Crippen LogP contribution in [-0.4, -0.2) is 66.2 Å². The lowest BCUT2D eigenvalue weighted by atomic mass is 9.13. The predicted octanol–water partition coefficient (Wildman–Crippen LogP) is 4.67. The smallest absolute Gasteiger partial charge is 0.416 e. The van der Waals surface area contributed by atoms with Crippen LogP contribution in [0, 0.1) is 22.7 Å². The van der Waals surface area contributed by atoms with Crippen LogP contribution in [0.2, 0.25) is 0 Å². The molecule has 0 N–H and O–H groups in total. The van der Waals surface area contributed by atoms with Gasteiger partial charge >= 0.3 is 6.18 Å². The van der Waals surface area contributed by atoms with Crippen LogP contribution in [0.1, 0.15) is 52.7 Å². The number of nitrogens with zero attached hydrogens (tertiary/aromatic N) is 2. The first kappa shape index (κ1) is 23.0. The summed E-state index contributed by atoms with van der Waals surface area (Å²) in [6.07, 6.45) is 1.09. The third-order valence-electron chi connectivity index (χ3n) is 12.9. The molecule has 0 radical (unpaired) electrons. The zero-order valence-electron chi connectivity index (χ0n) is 22.3. The normalized spacial score (nSPS) is 44.5. The van der Waals surface area contributed by atoms with E-state index in [2.05, 4.69) is 23.1 Å². The van der Waals surface area contributed by atoms with Crippen molar-refractivity contribution < 1.29 is 27.4 Å². The maximum absolute atomic E-state index is 14.0. The van der Waals surface area contributed by atoms with Crippen molar-refractivity contribution in [3.8, 4) is 5.75 Å². The summed E-state index contributed by atoms with van der Waals surface area (Å²) in [5.41, 5.74) is 1.89. The van der Waals surface area contributed by atoms with Gasteiger partial charge in [0.2, 0.25) is 0 Å². The number of hydrogen-bond acceptors (Lipinski definition) is 4. The van der Waals surface area contributed by atoms with E-state index in [0.29, 0.717) is 12.6 Å². The van der Waals surface area contributed by atoms with Gasteiger partial charge in [-0.1, -0.05) is 12.1 Å². The van der Waals surface area contributed by atoms with Gasteiger partial charge in [0, 0.05) is 59.4 Å². The van der Waals surface area contributed by atoms with Crippen LogP contribution in [0.3, 0.4) is 0 Å². The Morgan fingerprint density at radius 1 is 1.15 bits per heavy atom. The van der Waals surface area contributed by atoms with Gasteiger partial charge < -0.3 is 14.4 Å². The Kier molecular flexibility index (Phi) is 3.78. The van der Waals surface area contributed by atoms with E-state index in [-0.39, 0.29) is 51.4 Å². The van der Waals surface area contributed by atoms with Crippen molar-refractivity contribution in [1.29, 1.82) is 0 Å². The van der Waals surface area contributed by atoms with Crippen LogP contribution < -0.4 is 4.74 Å². The van der Waals surface area contributed by atoms with Gasteiger partial charge in [0.05, 0.1) is 18.8 Å². The monoisotopic (exact) mass is 548 g/mol. The number of rotatable bonds is 4. The summed E-state index contributed by atoms with van der Waals surface area (Å²) in [5, 5.41) is 0. The molecule has 5 aliphatic carbocycles. The number of carbonyl (C=O) groups excluding carboxylic acids is 1. The van der Waals surface area contributed by atoms with Crippen LogP contribution in [0.25, 0.3) is 0 Å². The van der Waals surface area contributed by atoms with Crippen molar-refractivity contribution >= 4 is 5.91 Å². The van der Waals surface area contributed by atoms with E-state index in [1.165, 1.54) is 42.6 Å². The molecule has 5 nitrogen and oxygen atoms in total. The Morgan fingerprint density at radius 2 is 2.00 bits per heavy atom. The highest BCUT2D eigenvalue weighted by atomic mass is 19.4. The first-order chi connectivity index (χ1) is 19.2. The van der Waals surface area contributed by atoms with E-state index in [1.54, 1.807) is 7.11 Å². The molecule has 0 aromatic heterocycles. The molecule has 2 aromatic carbocycles. The molecule has 2 bridgehead atoms. The summed E-state index contributed by atoms with van der Waals surface area (Å²) >= 11 is 0. The lowest BCUT2D eigenvalue weighted by Crippen LogP contribution is -3.11. The molecule has 3 heterocycles. The number of amides is 1. The molecule has 4 saturated carbocycles. The summed E-state index contributed by atoms with van der Waals surface area (Å²) in [5.74, 6) is 1.65. The van der Waals surface area contributed by atoms with Crippen LogP contribution >= 0.6 is 0 Å². The van der Waals surface area contributed by atoms with Gasteiger partial charge in [-0.15, -0.1) is 0 Å². The van der Waals surface area contributed by atoms with E-state index >= 15 is 0 Å². The molecule has 7 fully saturated rings. The first-order valence-corrected chi connectivity index (χ1v) is 14.8. The lowest BCUT2D eigenvalue weighted by Gasteiger charge is -3.00. The van der Waals surface area contributed by atoms with Gasteiger partial charge in [-0.3, -0.25) is 9.69 Å². The molecule has 7 unspecified atom stereocenters. The number of alkyl halides is 3. The average molecular weight is 549 g/mol. The second kappa shape index (κ2) is 6.57. The van der Waals surface area contributed by atoms with Crippen molar-refractivity contribution in [2.45, 2.75) is 67.5 Å². The molecule has 4 spiro atoms. The van der Waals surface area contributed by atoms with E-state index in [1.807, 2.05) is 4.90 Å². The SMILES string of the molecule is COc1ccc2c(c1)C13C4C5CCC46[C@@H](CN5C(=O)c4cccc(C(F)(F)F)c4)OC61C1N(CC4CC4)CC13C2.